The Balaban J connectivity index is 2.81. The number of nitrogens with zero attached hydrogens (tertiary/aromatic N) is 1. The highest BCUT2D eigenvalue weighted by atomic mass is 16.3. The van der Waals surface area contributed by atoms with Crippen LogP contribution in [0.5, 0.6) is 0 Å². The number of carbonyl (C=O) groups is 1. The van der Waals surface area contributed by atoms with Crippen molar-refractivity contribution in [2.24, 2.45) is 11.8 Å². The van der Waals surface area contributed by atoms with Crippen molar-refractivity contribution in [2.75, 3.05) is 7.05 Å². The highest BCUT2D eigenvalue weighted by Crippen LogP contribution is 2.25. The molecule has 1 N–H and O–H groups in total. The number of hydrogen-bond donors (Lipinski definition) is 1. The number of amides is 1. The first-order valence-corrected chi connectivity index (χ1v) is 7.89. The molecule has 1 aromatic carbocycles. The van der Waals surface area contributed by atoms with Gasteiger partial charge in [0.25, 0.3) is 0 Å². The number of carbonyl (C=O) groups excluding carboxylic acids is 1. The lowest BCUT2D eigenvalue weighted by atomic mass is 9.89. The van der Waals surface area contributed by atoms with Crippen molar-refractivity contribution in [1.82, 2.24) is 4.90 Å². The topological polar surface area (TPSA) is 40.5 Å². The SMILES string of the molecule is CCC[C@H](C(=O)N(C)[C@@H](C)[C@@H](O)c1ccccc1)C(C)C. The molecule has 0 saturated carbocycles. The summed E-state index contributed by atoms with van der Waals surface area (Å²) >= 11 is 0. The van der Waals surface area contributed by atoms with E-state index in [1.54, 1.807) is 11.9 Å². The van der Waals surface area contributed by atoms with Crippen molar-refractivity contribution in [3.63, 3.8) is 0 Å². The molecule has 0 heterocycles. The van der Waals surface area contributed by atoms with Gasteiger partial charge in [0.2, 0.25) is 5.91 Å². The number of aliphatic hydroxyl groups excluding tert-OH is 1. The van der Waals surface area contributed by atoms with E-state index in [0.29, 0.717) is 5.92 Å². The first-order chi connectivity index (χ1) is 9.90. The summed E-state index contributed by atoms with van der Waals surface area (Å²) in [6.45, 7) is 8.18. The molecule has 0 aliphatic rings. The van der Waals surface area contributed by atoms with Crippen LogP contribution in [0.15, 0.2) is 30.3 Å². The monoisotopic (exact) mass is 291 g/mol. The third kappa shape index (κ3) is 4.57. The molecular formula is C18H29NO2. The predicted octanol–water partition coefficient (Wildman–Crippen LogP) is 3.64. The first-order valence-electron chi connectivity index (χ1n) is 7.89. The van der Waals surface area contributed by atoms with Crippen molar-refractivity contribution >= 4 is 5.91 Å². The second kappa shape index (κ2) is 8.18. The van der Waals surface area contributed by atoms with E-state index in [9.17, 15) is 9.90 Å². The molecule has 0 fully saturated rings. The molecular weight excluding hydrogens is 262 g/mol. The second-order valence-electron chi connectivity index (χ2n) is 6.18. The van der Waals surface area contributed by atoms with Gasteiger partial charge in [-0.1, -0.05) is 57.5 Å². The third-order valence-electron chi connectivity index (χ3n) is 4.28. The second-order valence-corrected chi connectivity index (χ2v) is 6.18. The van der Waals surface area contributed by atoms with E-state index in [0.717, 1.165) is 18.4 Å². The molecule has 1 amide bonds. The Labute approximate surface area is 129 Å². The number of benzene rings is 1. The van der Waals surface area contributed by atoms with Crippen LogP contribution in [0.1, 0.15) is 52.2 Å². The predicted molar refractivity (Wildman–Crippen MR) is 86.9 cm³/mol. The standard InChI is InChI=1S/C18H29NO2/c1-6-10-16(13(2)3)18(21)19(5)14(4)17(20)15-11-8-7-9-12-15/h7-9,11-14,16-17,20H,6,10H2,1-5H3/t14-,16-,17+/m0/s1. The van der Waals surface area contributed by atoms with E-state index in [-0.39, 0.29) is 17.9 Å². The summed E-state index contributed by atoms with van der Waals surface area (Å²) in [5.74, 6) is 0.487. The summed E-state index contributed by atoms with van der Waals surface area (Å²) in [6.07, 6.45) is 1.24. The van der Waals surface area contributed by atoms with Crippen LogP contribution in [0.2, 0.25) is 0 Å². The van der Waals surface area contributed by atoms with Crippen LogP contribution in [0, 0.1) is 11.8 Å². The Bertz CT molecular complexity index is 430. The van der Waals surface area contributed by atoms with Gasteiger partial charge in [-0.05, 0) is 24.8 Å². The molecule has 3 atom stereocenters. The fourth-order valence-corrected chi connectivity index (χ4v) is 2.66. The molecule has 3 heteroatoms. The van der Waals surface area contributed by atoms with E-state index < -0.39 is 6.10 Å². The molecule has 0 spiro atoms. The van der Waals surface area contributed by atoms with E-state index in [1.807, 2.05) is 37.3 Å². The van der Waals surface area contributed by atoms with Gasteiger partial charge < -0.3 is 10.0 Å². The molecule has 3 nitrogen and oxygen atoms in total. The average molecular weight is 291 g/mol. The van der Waals surface area contributed by atoms with E-state index in [4.69, 9.17) is 0 Å². The number of hydrogen-bond acceptors (Lipinski definition) is 2. The lowest BCUT2D eigenvalue weighted by Crippen LogP contribution is -2.43. The van der Waals surface area contributed by atoms with Gasteiger partial charge in [0.1, 0.15) is 0 Å². The number of likely N-dealkylation sites (N-methyl/N-ethyl adjacent to an activating group) is 1. The van der Waals surface area contributed by atoms with Gasteiger partial charge in [-0.2, -0.15) is 0 Å². The summed E-state index contributed by atoms with van der Waals surface area (Å²) in [7, 11) is 1.80. The number of rotatable bonds is 7. The van der Waals surface area contributed by atoms with Crippen molar-refractivity contribution in [3.8, 4) is 0 Å². The molecule has 21 heavy (non-hydrogen) atoms. The Morgan fingerprint density at radius 1 is 1.19 bits per heavy atom. The summed E-state index contributed by atoms with van der Waals surface area (Å²) < 4.78 is 0. The van der Waals surface area contributed by atoms with Gasteiger partial charge in [0.05, 0.1) is 12.1 Å². The molecule has 1 aromatic rings. The lowest BCUT2D eigenvalue weighted by Gasteiger charge is -2.33. The summed E-state index contributed by atoms with van der Waals surface area (Å²) in [5, 5.41) is 10.5. The largest absolute Gasteiger partial charge is 0.386 e. The third-order valence-corrected chi connectivity index (χ3v) is 4.28. The van der Waals surface area contributed by atoms with Gasteiger partial charge in [0, 0.05) is 13.0 Å². The van der Waals surface area contributed by atoms with Crippen molar-refractivity contribution in [2.45, 2.75) is 52.7 Å². The molecule has 118 valence electrons. The molecule has 0 saturated heterocycles. The summed E-state index contributed by atoms with van der Waals surface area (Å²) in [6, 6.07) is 9.28. The Hall–Kier alpha value is -1.35. The van der Waals surface area contributed by atoms with Crippen LogP contribution >= 0.6 is 0 Å². The molecule has 0 aliphatic heterocycles. The number of aliphatic hydroxyl groups is 1. The summed E-state index contributed by atoms with van der Waals surface area (Å²) in [5.41, 5.74) is 0.848. The zero-order valence-corrected chi connectivity index (χ0v) is 13.9. The van der Waals surface area contributed by atoms with Crippen LogP contribution in [0.4, 0.5) is 0 Å². The molecule has 1 rings (SSSR count). The van der Waals surface area contributed by atoms with Crippen LogP contribution < -0.4 is 0 Å². The van der Waals surface area contributed by atoms with Crippen LogP contribution in [0.3, 0.4) is 0 Å². The first kappa shape index (κ1) is 17.7. The molecule has 0 radical (unpaired) electrons. The highest BCUT2D eigenvalue weighted by Gasteiger charge is 2.30. The zero-order chi connectivity index (χ0) is 16.0. The Kier molecular flexibility index (Phi) is 6.90. The van der Waals surface area contributed by atoms with E-state index in [1.165, 1.54) is 0 Å². The van der Waals surface area contributed by atoms with Gasteiger partial charge in [-0.25, -0.2) is 0 Å². The van der Waals surface area contributed by atoms with Crippen molar-refractivity contribution in [3.05, 3.63) is 35.9 Å². The zero-order valence-electron chi connectivity index (χ0n) is 13.9. The maximum Gasteiger partial charge on any atom is 0.226 e. The quantitative estimate of drug-likeness (QED) is 0.833. The molecule has 0 aromatic heterocycles. The van der Waals surface area contributed by atoms with Crippen LogP contribution in [-0.2, 0) is 4.79 Å². The Morgan fingerprint density at radius 2 is 1.76 bits per heavy atom. The minimum Gasteiger partial charge on any atom is -0.386 e. The van der Waals surface area contributed by atoms with E-state index in [2.05, 4.69) is 20.8 Å². The molecule has 0 aliphatic carbocycles. The molecule has 0 bridgehead atoms. The van der Waals surface area contributed by atoms with Gasteiger partial charge >= 0.3 is 0 Å². The normalized spacial score (nSPS) is 15.6. The minimum absolute atomic E-state index is 0.0328. The maximum absolute atomic E-state index is 12.7. The minimum atomic E-state index is -0.658. The maximum atomic E-state index is 12.7. The van der Waals surface area contributed by atoms with Gasteiger partial charge in [0.15, 0.2) is 0 Å². The van der Waals surface area contributed by atoms with E-state index >= 15 is 0 Å². The van der Waals surface area contributed by atoms with Gasteiger partial charge in [-0.3, -0.25) is 4.79 Å². The smallest absolute Gasteiger partial charge is 0.226 e. The van der Waals surface area contributed by atoms with Crippen LogP contribution in [0.25, 0.3) is 0 Å². The lowest BCUT2D eigenvalue weighted by molar-refractivity contribution is -0.140. The average Bonchev–Trinajstić information content (AvgIpc) is 2.50. The summed E-state index contributed by atoms with van der Waals surface area (Å²) in [4.78, 5) is 14.4. The van der Waals surface area contributed by atoms with Gasteiger partial charge in [-0.15, -0.1) is 0 Å². The highest BCUT2D eigenvalue weighted by molar-refractivity contribution is 5.79. The fraction of sp³-hybridized carbons (Fsp3) is 0.611. The van der Waals surface area contributed by atoms with Crippen molar-refractivity contribution < 1.29 is 9.90 Å². The Morgan fingerprint density at radius 3 is 2.24 bits per heavy atom. The van der Waals surface area contributed by atoms with Crippen molar-refractivity contribution in [1.29, 1.82) is 0 Å². The van der Waals surface area contributed by atoms with Crippen LogP contribution in [-0.4, -0.2) is 29.0 Å². The fourth-order valence-electron chi connectivity index (χ4n) is 2.66. The molecule has 0 unspecified atom stereocenters.